The molecule has 3 N–H and O–H groups in total. The van der Waals surface area contributed by atoms with Crippen molar-refractivity contribution in [3.8, 4) is 11.5 Å². The zero-order valence-electron chi connectivity index (χ0n) is 10.9. The number of amides is 1. The van der Waals surface area contributed by atoms with Crippen molar-refractivity contribution >= 4 is 17.8 Å². The van der Waals surface area contributed by atoms with Crippen LogP contribution in [0.3, 0.4) is 0 Å². The molecule has 0 radical (unpaired) electrons. The molecule has 112 valence electrons. The summed E-state index contributed by atoms with van der Waals surface area (Å²) < 4.78 is 10.7. The molecule has 8 nitrogen and oxygen atoms in total. The Morgan fingerprint density at radius 2 is 1.90 bits per heavy atom. The first-order chi connectivity index (χ1) is 9.99. The molecule has 1 amide bonds. The minimum Gasteiger partial charge on any atom is -0.486 e. The van der Waals surface area contributed by atoms with Crippen molar-refractivity contribution in [2.45, 2.75) is 12.5 Å². The predicted molar refractivity (Wildman–Crippen MR) is 68.6 cm³/mol. The van der Waals surface area contributed by atoms with E-state index in [0.717, 1.165) is 0 Å². The van der Waals surface area contributed by atoms with Crippen LogP contribution in [0, 0.1) is 0 Å². The van der Waals surface area contributed by atoms with Gasteiger partial charge in [0, 0.05) is 0 Å². The Balaban J connectivity index is 2.20. The number of carboxylic acid groups (broad SMARTS) is 2. The summed E-state index contributed by atoms with van der Waals surface area (Å²) in [5, 5.41) is 19.7. The molecule has 1 aliphatic rings. The SMILES string of the molecule is O=C(O)CC(NC(=O)c1cccc2c1OCCO2)C(=O)O. The van der Waals surface area contributed by atoms with Gasteiger partial charge < -0.3 is 25.0 Å². The number of para-hydroxylation sites is 1. The Morgan fingerprint density at radius 3 is 2.57 bits per heavy atom. The van der Waals surface area contributed by atoms with Crippen LogP contribution in [0.5, 0.6) is 11.5 Å². The van der Waals surface area contributed by atoms with Gasteiger partial charge in [0.05, 0.1) is 12.0 Å². The number of fused-ring (bicyclic) bond motifs is 1. The van der Waals surface area contributed by atoms with Gasteiger partial charge in [0.1, 0.15) is 19.3 Å². The van der Waals surface area contributed by atoms with E-state index >= 15 is 0 Å². The van der Waals surface area contributed by atoms with Gasteiger partial charge in [-0.25, -0.2) is 4.79 Å². The third-order valence-electron chi connectivity index (χ3n) is 2.79. The first kappa shape index (κ1) is 14.6. The number of hydrogen-bond acceptors (Lipinski definition) is 5. The number of carbonyl (C=O) groups excluding carboxylic acids is 1. The summed E-state index contributed by atoms with van der Waals surface area (Å²) in [7, 11) is 0. The smallest absolute Gasteiger partial charge is 0.326 e. The lowest BCUT2D eigenvalue weighted by atomic mass is 10.1. The highest BCUT2D eigenvalue weighted by atomic mass is 16.6. The van der Waals surface area contributed by atoms with Gasteiger partial charge in [0.15, 0.2) is 11.5 Å². The Labute approximate surface area is 119 Å². The number of carboxylic acids is 2. The normalized spacial score (nSPS) is 14.1. The molecule has 8 heteroatoms. The van der Waals surface area contributed by atoms with E-state index in [0.29, 0.717) is 12.4 Å². The third kappa shape index (κ3) is 3.41. The van der Waals surface area contributed by atoms with E-state index in [-0.39, 0.29) is 17.9 Å². The average Bonchev–Trinajstić information content (AvgIpc) is 2.45. The minimum atomic E-state index is -1.52. The van der Waals surface area contributed by atoms with Crippen molar-refractivity contribution in [1.29, 1.82) is 0 Å². The summed E-state index contributed by atoms with van der Waals surface area (Å²) in [6.45, 7) is 0.629. The molecule has 0 bridgehead atoms. The van der Waals surface area contributed by atoms with Crippen LogP contribution in [0.25, 0.3) is 0 Å². The number of ether oxygens (including phenoxy) is 2. The Kier molecular flexibility index (Phi) is 4.27. The minimum absolute atomic E-state index is 0.101. The molecule has 0 saturated heterocycles. The van der Waals surface area contributed by atoms with Crippen LogP contribution in [-0.4, -0.2) is 47.3 Å². The van der Waals surface area contributed by atoms with Crippen LogP contribution in [0.1, 0.15) is 16.8 Å². The molecule has 1 atom stereocenters. The van der Waals surface area contributed by atoms with E-state index in [1.54, 1.807) is 12.1 Å². The quantitative estimate of drug-likeness (QED) is 0.705. The highest BCUT2D eigenvalue weighted by Crippen LogP contribution is 2.33. The highest BCUT2D eigenvalue weighted by molar-refractivity contribution is 6.00. The first-order valence-electron chi connectivity index (χ1n) is 6.13. The van der Waals surface area contributed by atoms with E-state index in [1.807, 2.05) is 0 Å². The molecule has 1 aliphatic heterocycles. The molecule has 1 heterocycles. The van der Waals surface area contributed by atoms with Gasteiger partial charge in [0.2, 0.25) is 0 Å². The fourth-order valence-electron chi connectivity index (χ4n) is 1.86. The monoisotopic (exact) mass is 295 g/mol. The van der Waals surface area contributed by atoms with Crippen molar-refractivity contribution < 1.29 is 34.1 Å². The van der Waals surface area contributed by atoms with E-state index in [9.17, 15) is 14.4 Å². The van der Waals surface area contributed by atoms with Gasteiger partial charge >= 0.3 is 11.9 Å². The van der Waals surface area contributed by atoms with Crippen LogP contribution < -0.4 is 14.8 Å². The molecule has 0 aliphatic carbocycles. The molecular formula is C13H13NO7. The number of benzene rings is 1. The summed E-state index contributed by atoms with van der Waals surface area (Å²) in [6.07, 6.45) is -0.715. The molecular weight excluding hydrogens is 282 g/mol. The molecule has 0 saturated carbocycles. The second-order valence-electron chi connectivity index (χ2n) is 4.29. The van der Waals surface area contributed by atoms with Crippen molar-refractivity contribution in [2.24, 2.45) is 0 Å². The summed E-state index contributed by atoms with van der Waals surface area (Å²) in [4.78, 5) is 33.7. The summed E-state index contributed by atoms with van der Waals surface area (Å²) in [6, 6.07) is 3.12. The maximum absolute atomic E-state index is 12.1. The van der Waals surface area contributed by atoms with Gasteiger partial charge in [-0.2, -0.15) is 0 Å². The largest absolute Gasteiger partial charge is 0.486 e. The molecule has 21 heavy (non-hydrogen) atoms. The fourth-order valence-corrected chi connectivity index (χ4v) is 1.86. The van der Waals surface area contributed by atoms with E-state index in [4.69, 9.17) is 19.7 Å². The average molecular weight is 295 g/mol. The summed E-state index contributed by atoms with van der Waals surface area (Å²) in [5.41, 5.74) is 0.101. The second-order valence-corrected chi connectivity index (χ2v) is 4.29. The highest BCUT2D eigenvalue weighted by Gasteiger charge is 2.26. The number of carbonyl (C=O) groups is 3. The van der Waals surface area contributed by atoms with Gasteiger partial charge in [-0.15, -0.1) is 0 Å². The number of aliphatic carboxylic acids is 2. The zero-order chi connectivity index (χ0) is 15.4. The van der Waals surface area contributed by atoms with Crippen LogP contribution in [0.15, 0.2) is 18.2 Å². The summed E-state index contributed by atoms with van der Waals surface area (Å²) in [5.74, 6) is -2.86. The maximum atomic E-state index is 12.1. The Morgan fingerprint density at radius 1 is 1.19 bits per heavy atom. The standard InChI is InChI=1S/C13H13NO7/c15-10(16)6-8(13(18)19)14-12(17)7-2-1-3-9-11(7)21-5-4-20-9/h1-3,8H,4-6H2,(H,14,17)(H,15,16)(H,18,19). The van der Waals surface area contributed by atoms with Crippen LogP contribution in [-0.2, 0) is 9.59 Å². The topological polar surface area (TPSA) is 122 Å². The molecule has 0 fully saturated rings. The molecule has 1 aromatic rings. The van der Waals surface area contributed by atoms with Crippen molar-refractivity contribution in [3.63, 3.8) is 0 Å². The van der Waals surface area contributed by atoms with Gasteiger partial charge in [-0.1, -0.05) is 6.07 Å². The van der Waals surface area contributed by atoms with Crippen LogP contribution >= 0.6 is 0 Å². The Bertz CT molecular complexity index is 584. The first-order valence-corrected chi connectivity index (χ1v) is 6.13. The fraction of sp³-hybridized carbons (Fsp3) is 0.308. The van der Waals surface area contributed by atoms with Crippen molar-refractivity contribution in [2.75, 3.05) is 13.2 Å². The predicted octanol–water partition coefficient (Wildman–Crippen LogP) is 0.115. The lowest BCUT2D eigenvalue weighted by Gasteiger charge is -2.21. The van der Waals surface area contributed by atoms with Gasteiger partial charge in [-0.05, 0) is 12.1 Å². The lowest BCUT2D eigenvalue weighted by Crippen LogP contribution is -2.42. The molecule has 0 aromatic heterocycles. The lowest BCUT2D eigenvalue weighted by molar-refractivity contribution is -0.145. The second kappa shape index (κ2) is 6.12. The molecule has 2 rings (SSSR count). The Hall–Kier alpha value is -2.77. The van der Waals surface area contributed by atoms with Gasteiger partial charge in [-0.3, -0.25) is 9.59 Å². The van der Waals surface area contributed by atoms with E-state index in [2.05, 4.69) is 5.32 Å². The maximum Gasteiger partial charge on any atom is 0.326 e. The van der Waals surface area contributed by atoms with Crippen LogP contribution in [0.2, 0.25) is 0 Å². The van der Waals surface area contributed by atoms with Crippen molar-refractivity contribution in [1.82, 2.24) is 5.32 Å². The number of hydrogen-bond donors (Lipinski definition) is 3. The third-order valence-corrected chi connectivity index (χ3v) is 2.79. The molecule has 0 spiro atoms. The van der Waals surface area contributed by atoms with Crippen molar-refractivity contribution in [3.05, 3.63) is 23.8 Å². The molecule has 1 aromatic carbocycles. The van der Waals surface area contributed by atoms with Crippen LogP contribution in [0.4, 0.5) is 0 Å². The zero-order valence-corrected chi connectivity index (χ0v) is 10.9. The number of nitrogens with one attached hydrogen (secondary N) is 1. The van der Waals surface area contributed by atoms with E-state index < -0.39 is 30.3 Å². The summed E-state index contributed by atoms with van der Waals surface area (Å²) >= 11 is 0. The molecule has 1 unspecified atom stereocenters. The van der Waals surface area contributed by atoms with E-state index in [1.165, 1.54) is 6.07 Å². The number of rotatable bonds is 5. The van der Waals surface area contributed by atoms with Gasteiger partial charge in [0.25, 0.3) is 5.91 Å².